The zero-order valence-corrected chi connectivity index (χ0v) is 9.13. The molecule has 2 nitrogen and oxygen atoms in total. The standard InChI is InChI=1S/C12H17NO/c1-11(2)4-8-5-12(3,7-13)10(8)9(14)6-11/h8,10H,4-6H2,1-3H3/t8-,10+,12-/m1/s1. The lowest BCUT2D eigenvalue weighted by molar-refractivity contribution is -0.147. The van der Waals surface area contributed by atoms with E-state index in [-0.39, 0.29) is 16.7 Å². The zero-order chi connectivity index (χ0) is 10.6. The SMILES string of the molecule is CC1(C)CC(=O)[C@@H]2[C@H](C1)C[C@]2(C)C#N. The Hall–Kier alpha value is -0.840. The fourth-order valence-electron chi connectivity index (χ4n) is 3.44. The molecule has 14 heavy (non-hydrogen) atoms. The van der Waals surface area contributed by atoms with Crippen LogP contribution in [0.15, 0.2) is 0 Å². The lowest BCUT2D eigenvalue weighted by atomic mass is 9.47. The summed E-state index contributed by atoms with van der Waals surface area (Å²) in [5, 5.41) is 9.03. The van der Waals surface area contributed by atoms with E-state index in [4.69, 9.17) is 5.26 Å². The third-order valence-electron chi connectivity index (χ3n) is 3.91. The first kappa shape index (κ1) is 9.71. The summed E-state index contributed by atoms with van der Waals surface area (Å²) in [4.78, 5) is 11.9. The Morgan fingerprint density at radius 3 is 2.50 bits per heavy atom. The molecule has 2 aliphatic rings. The van der Waals surface area contributed by atoms with Gasteiger partial charge in [0.2, 0.25) is 0 Å². The summed E-state index contributed by atoms with van der Waals surface area (Å²) in [6.07, 6.45) is 2.69. The third kappa shape index (κ3) is 1.19. The highest BCUT2D eigenvalue weighted by Gasteiger charge is 2.58. The number of fused-ring (bicyclic) bond motifs is 1. The number of hydrogen-bond acceptors (Lipinski definition) is 2. The van der Waals surface area contributed by atoms with Crippen LogP contribution in [-0.4, -0.2) is 5.78 Å². The van der Waals surface area contributed by atoms with E-state index < -0.39 is 0 Å². The minimum absolute atomic E-state index is 0.0422. The van der Waals surface area contributed by atoms with Crippen LogP contribution in [0.1, 0.15) is 40.0 Å². The maximum absolute atomic E-state index is 11.9. The highest BCUT2D eigenvalue weighted by Crippen LogP contribution is 2.58. The van der Waals surface area contributed by atoms with E-state index >= 15 is 0 Å². The first-order chi connectivity index (χ1) is 6.38. The van der Waals surface area contributed by atoms with E-state index in [1.165, 1.54) is 0 Å². The van der Waals surface area contributed by atoms with Gasteiger partial charge >= 0.3 is 0 Å². The van der Waals surface area contributed by atoms with Gasteiger partial charge in [0.05, 0.1) is 11.5 Å². The van der Waals surface area contributed by atoms with Gasteiger partial charge in [-0.3, -0.25) is 4.79 Å². The summed E-state index contributed by atoms with van der Waals surface area (Å²) in [7, 11) is 0. The fraction of sp³-hybridized carbons (Fsp3) is 0.833. The molecule has 0 heterocycles. The van der Waals surface area contributed by atoms with E-state index in [1.54, 1.807) is 0 Å². The Morgan fingerprint density at radius 1 is 1.36 bits per heavy atom. The van der Waals surface area contributed by atoms with Gasteiger partial charge in [0, 0.05) is 12.3 Å². The molecular weight excluding hydrogens is 174 g/mol. The van der Waals surface area contributed by atoms with Gasteiger partial charge in [-0.25, -0.2) is 0 Å². The first-order valence-corrected chi connectivity index (χ1v) is 5.32. The van der Waals surface area contributed by atoms with E-state index in [0.29, 0.717) is 18.1 Å². The van der Waals surface area contributed by atoms with Crippen molar-refractivity contribution in [2.24, 2.45) is 22.7 Å². The largest absolute Gasteiger partial charge is 0.299 e. The number of nitrogens with zero attached hydrogens (tertiary/aromatic N) is 1. The van der Waals surface area contributed by atoms with Crippen molar-refractivity contribution in [3.8, 4) is 6.07 Å². The number of Topliss-reactive ketones (excluding diaryl/α,β-unsaturated/α-hetero) is 1. The van der Waals surface area contributed by atoms with E-state index in [2.05, 4.69) is 19.9 Å². The molecule has 0 spiro atoms. The van der Waals surface area contributed by atoms with E-state index in [9.17, 15) is 4.79 Å². The molecule has 2 saturated carbocycles. The molecule has 0 unspecified atom stereocenters. The summed E-state index contributed by atoms with van der Waals surface area (Å²) in [6.45, 7) is 6.25. The molecule has 0 N–H and O–H groups in total. The van der Waals surface area contributed by atoms with Gasteiger partial charge in [0.15, 0.2) is 0 Å². The fourth-order valence-corrected chi connectivity index (χ4v) is 3.44. The van der Waals surface area contributed by atoms with Crippen molar-refractivity contribution in [3.05, 3.63) is 0 Å². The van der Waals surface area contributed by atoms with Crippen LogP contribution < -0.4 is 0 Å². The summed E-state index contributed by atoms with van der Waals surface area (Å²) < 4.78 is 0. The molecule has 2 rings (SSSR count). The highest BCUT2D eigenvalue weighted by molar-refractivity contribution is 5.85. The van der Waals surface area contributed by atoms with E-state index in [1.807, 2.05) is 6.92 Å². The summed E-state index contributed by atoms with van der Waals surface area (Å²) in [5.41, 5.74) is -0.187. The van der Waals surface area contributed by atoms with Crippen molar-refractivity contribution in [3.63, 3.8) is 0 Å². The molecule has 0 aromatic heterocycles. The van der Waals surface area contributed by atoms with Crippen LogP contribution in [0.4, 0.5) is 0 Å². The number of hydrogen-bond donors (Lipinski definition) is 0. The quantitative estimate of drug-likeness (QED) is 0.590. The number of carbonyl (C=O) groups is 1. The molecule has 2 aliphatic carbocycles. The Labute approximate surface area is 85.3 Å². The molecule has 0 radical (unpaired) electrons. The van der Waals surface area contributed by atoms with Crippen molar-refractivity contribution in [1.82, 2.24) is 0 Å². The number of nitriles is 1. The number of carbonyl (C=O) groups excluding carboxylic acids is 1. The molecule has 2 heteroatoms. The summed E-state index contributed by atoms with van der Waals surface area (Å²) >= 11 is 0. The number of rotatable bonds is 0. The van der Waals surface area contributed by atoms with Crippen molar-refractivity contribution in [2.45, 2.75) is 40.0 Å². The molecule has 0 aromatic carbocycles. The minimum atomic E-state index is -0.349. The predicted molar refractivity (Wildman–Crippen MR) is 53.3 cm³/mol. The highest BCUT2D eigenvalue weighted by atomic mass is 16.1. The zero-order valence-electron chi connectivity index (χ0n) is 9.13. The summed E-state index contributed by atoms with van der Waals surface area (Å²) in [6, 6.07) is 2.31. The molecule has 2 fully saturated rings. The van der Waals surface area contributed by atoms with Crippen LogP contribution in [0.25, 0.3) is 0 Å². The predicted octanol–water partition coefficient (Wildman–Crippen LogP) is 2.54. The lowest BCUT2D eigenvalue weighted by Crippen LogP contribution is -2.54. The van der Waals surface area contributed by atoms with Gasteiger partial charge < -0.3 is 0 Å². The van der Waals surface area contributed by atoms with Crippen molar-refractivity contribution in [2.75, 3.05) is 0 Å². The normalized spacial score (nSPS) is 44.9. The van der Waals surface area contributed by atoms with Crippen LogP contribution in [0.5, 0.6) is 0 Å². The van der Waals surface area contributed by atoms with Gasteiger partial charge in [0.25, 0.3) is 0 Å². The lowest BCUT2D eigenvalue weighted by Gasteiger charge is -2.54. The average Bonchev–Trinajstić information content (AvgIpc) is 1.98. The van der Waals surface area contributed by atoms with Gasteiger partial charge in [-0.15, -0.1) is 0 Å². The average molecular weight is 191 g/mol. The van der Waals surface area contributed by atoms with Crippen molar-refractivity contribution >= 4 is 5.78 Å². The molecule has 0 saturated heterocycles. The van der Waals surface area contributed by atoms with Gasteiger partial charge in [0.1, 0.15) is 5.78 Å². The Bertz CT molecular complexity index is 326. The smallest absolute Gasteiger partial charge is 0.138 e. The van der Waals surface area contributed by atoms with Crippen LogP contribution in [0.3, 0.4) is 0 Å². The third-order valence-corrected chi connectivity index (χ3v) is 3.91. The molecule has 0 amide bonds. The van der Waals surface area contributed by atoms with Gasteiger partial charge in [-0.2, -0.15) is 5.26 Å². The van der Waals surface area contributed by atoms with Crippen LogP contribution >= 0.6 is 0 Å². The molecule has 0 aromatic rings. The maximum atomic E-state index is 11.9. The second-order valence-electron chi connectivity index (χ2n) is 5.98. The topological polar surface area (TPSA) is 40.9 Å². The van der Waals surface area contributed by atoms with Crippen LogP contribution in [0, 0.1) is 34.0 Å². The van der Waals surface area contributed by atoms with Gasteiger partial charge in [-0.1, -0.05) is 13.8 Å². The molecule has 3 atom stereocenters. The molecular formula is C12H17NO. The minimum Gasteiger partial charge on any atom is -0.299 e. The second-order valence-corrected chi connectivity index (χ2v) is 5.98. The van der Waals surface area contributed by atoms with Gasteiger partial charge in [-0.05, 0) is 31.1 Å². The number of ketones is 1. The van der Waals surface area contributed by atoms with Crippen LogP contribution in [0.2, 0.25) is 0 Å². The van der Waals surface area contributed by atoms with E-state index in [0.717, 1.165) is 12.8 Å². The second kappa shape index (κ2) is 2.59. The monoisotopic (exact) mass is 191 g/mol. The Morgan fingerprint density at radius 2 is 2.00 bits per heavy atom. The molecule has 0 bridgehead atoms. The Balaban J connectivity index is 2.21. The Kier molecular flexibility index (Phi) is 1.80. The van der Waals surface area contributed by atoms with Crippen molar-refractivity contribution in [1.29, 1.82) is 5.26 Å². The maximum Gasteiger partial charge on any atom is 0.138 e. The molecule has 76 valence electrons. The van der Waals surface area contributed by atoms with Crippen LogP contribution in [-0.2, 0) is 4.79 Å². The van der Waals surface area contributed by atoms with Crippen molar-refractivity contribution < 1.29 is 4.79 Å². The first-order valence-electron chi connectivity index (χ1n) is 5.32. The molecule has 0 aliphatic heterocycles. The summed E-state index contributed by atoms with van der Waals surface area (Å²) in [5.74, 6) is 0.845.